The zero-order valence-corrected chi connectivity index (χ0v) is 24.7. The van der Waals surface area contributed by atoms with Crippen LogP contribution in [-0.4, -0.2) is 77.5 Å². The predicted octanol–water partition coefficient (Wildman–Crippen LogP) is 10.9. The maximum atomic E-state index is 14.1. The van der Waals surface area contributed by atoms with Crippen molar-refractivity contribution in [3.8, 4) is 11.5 Å². The highest BCUT2D eigenvalue weighted by Crippen LogP contribution is 2.67. The Morgan fingerprint density at radius 3 is 0.962 bits per heavy atom. The number of hydrogen-bond acceptors (Lipinski definition) is 3. The zero-order chi connectivity index (χ0) is 42.2. The van der Waals surface area contributed by atoms with Crippen LogP contribution in [-0.2, 0) is 4.79 Å². The van der Waals surface area contributed by atoms with Gasteiger partial charge in [-0.3, -0.25) is 4.79 Å². The van der Waals surface area contributed by atoms with Crippen LogP contribution in [0.15, 0.2) is 24.3 Å². The fourth-order valence-electron chi connectivity index (χ4n) is 3.12. The van der Waals surface area contributed by atoms with E-state index in [2.05, 4.69) is 4.74 Å². The molecule has 28 heteroatoms. The van der Waals surface area contributed by atoms with Crippen LogP contribution in [0.1, 0.15) is 27.2 Å². The average Bonchev–Trinajstić information content (AvgIpc) is 2.96. The van der Waals surface area contributed by atoms with Crippen molar-refractivity contribution < 1.29 is 124 Å². The number of hydrogen-bond donors (Lipinski definition) is 0. The molecule has 0 aromatic heterocycles. The first-order valence-electron chi connectivity index (χ1n) is 12.6. The van der Waals surface area contributed by atoms with Crippen molar-refractivity contribution in [1.29, 1.82) is 0 Å². The predicted molar refractivity (Wildman–Crippen MR) is 117 cm³/mol. The number of rotatable bonds is 15. The van der Waals surface area contributed by atoms with Gasteiger partial charge in [0.25, 0.3) is 0 Å². The standard InChI is InChI=1S/C24H15F25O3/c1-4-12(2,3)11(50)51-9-5-7-10(8-6-9)52-24(48,49)22(43,44)20(39,40)18(35,36)16(31,32)14(27,28)13(25,26)15(29,30)17(33,34)19(37,38)21(41,42)23(45,46)47/h5-8H,4H2,1-3H3. The number of carbonyl (C=O) groups excluding carboxylic acids is 1. The lowest BCUT2D eigenvalue weighted by molar-refractivity contribution is -0.486. The van der Waals surface area contributed by atoms with E-state index in [1.54, 1.807) is 0 Å². The van der Waals surface area contributed by atoms with E-state index < -0.39 is 94.4 Å². The molecule has 304 valence electrons. The van der Waals surface area contributed by atoms with Crippen LogP contribution in [0.2, 0.25) is 0 Å². The Balaban J connectivity index is 3.70. The molecule has 1 aromatic carbocycles. The summed E-state index contributed by atoms with van der Waals surface area (Å²) >= 11 is 0. The average molecular weight is 826 g/mol. The molecule has 0 atom stereocenters. The molecule has 0 bridgehead atoms. The van der Waals surface area contributed by atoms with Gasteiger partial charge in [0.15, 0.2) is 0 Å². The number of ether oxygens (including phenoxy) is 2. The summed E-state index contributed by atoms with van der Waals surface area (Å²) < 4.78 is 347. The fraction of sp³-hybridized carbons (Fsp3) is 0.708. The van der Waals surface area contributed by atoms with Crippen LogP contribution in [0, 0.1) is 5.41 Å². The maximum absolute atomic E-state index is 14.1. The molecule has 0 saturated carbocycles. The van der Waals surface area contributed by atoms with E-state index >= 15 is 0 Å². The van der Waals surface area contributed by atoms with Crippen LogP contribution < -0.4 is 9.47 Å². The van der Waals surface area contributed by atoms with Crippen LogP contribution >= 0.6 is 0 Å². The van der Waals surface area contributed by atoms with Gasteiger partial charge in [-0.25, -0.2) is 0 Å². The number of halogens is 25. The minimum absolute atomic E-state index is 0.0223. The first-order valence-corrected chi connectivity index (χ1v) is 12.6. The Hall–Kier alpha value is -3.26. The van der Waals surface area contributed by atoms with Crippen molar-refractivity contribution in [2.45, 2.75) is 98.7 Å². The van der Waals surface area contributed by atoms with E-state index in [-0.39, 0.29) is 18.6 Å². The van der Waals surface area contributed by atoms with Gasteiger partial charge < -0.3 is 9.47 Å². The minimum atomic E-state index is -9.66. The van der Waals surface area contributed by atoms with Gasteiger partial charge in [0, 0.05) is 0 Å². The van der Waals surface area contributed by atoms with Gasteiger partial charge in [-0.1, -0.05) is 6.92 Å². The number of esters is 1. The van der Waals surface area contributed by atoms with E-state index in [0.717, 1.165) is 0 Å². The quantitative estimate of drug-likeness (QED) is 0.100. The van der Waals surface area contributed by atoms with Crippen LogP contribution in [0.4, 0.5) is 110 Å². The minimum Gasteiger partial charge on any atom is -0.428 e. The monoisotopic (exact) mass is 826 g/mol. The maximum Gasteiger partial charge on any atom is 0.471 e. The molecule has 0 fully saturated rings. The lowest BCUT2D eigenvalue weighted by atomic mass is 9.85. The SMILES string of the molecule is CCC(C)(C)C(=O)Oc1ccc(OC(F)(F)C(F)(F)C(F)(F)C(F)(F)C(F)(F)C(F)(F)C(F)(F)C(F)(F)C(F)(F)C(F)(F)C(F)(F)C(F)(F)F)cc1. The molecule has 0 amide bonds. The molecule has 1 aromatic rings. The number of benzene rings is 1. The van der Waals surface area contributed by atoms with E-state index in [0.29, 0.717) is 12.1 Å². The van der Waals surface area contributed by atoms with E-state index in [4.69, 9.17) is 4.74 Å². The molecule has 0 unspecified atom stereocenters. The summed E-state index contributed by atoms with van der Waals surface area (Å²) in [5, 5.41) is 0. The smallest absolute Gasteiger partial charge is 0.428 e. The fourth-order valence-corrected chi connectivity index (χ4v) is 3.12. The van der Waals surface area contributed by atoms with Crippen LogP contribution in [0.25, 0.3) is 0 Å². The topological polar surface area (TPSA) is 35.5 Å². The van der Waals surface area contributed by atoms with Crippen molar-refractivity contribution in [2.24, 2.45) is 5.41 Å². The Morgan fingerprint density at radius 1 is 0.442 bits per heavy atom. The first-order chi connectivity index (χ1) is 22.4. The molecular weight excluding hydrogens is 811 g/mol. The van der Waals surface area contributed by atoms with Gasteiger partial charge in [0.1, 0.15) is 11.5 Å². The van der Waals surface area contributed by atoms with Crippen LogP contribution in [0.3, 0.4) is 0 Å². The van der Waals surface area contributed by atoms with Gasteiger partial charge >= 0.3 is 77.5 Å². The third kappa shape index (κ3) is 6.39. The summed E-state index contributed by atoms with van der Waals surface area (Å²) in [6, 6.07) is 0.624. The summed E-state index contributed by atoms with van der Waals surface area (Å²) in [5.74, 6) is -96.1. The summed E-state index contributed by atoms with van der Waals surface area (Å²) in [5.41, 5.74) is -1.24. The van der Waals surface area contributed by atoms with Crippen molar-refractivity contribution in [2.75, 3.05) is 0 Å². The first kappa shape index (κ1) is 46.8. The van der Waals surface area contributed by atoms with Crippen molar-refractivity contribution >= 4 is 5.97 Å². The second-order valence-corrected chi connectivity index (χ2v) is 11.0. The highest BCUT2D eigenvalue weighted by molar-refractivity contribution is 5.78. The second kappa shape index (κ2) is 12.7. The lowest BCUT2D eigenvalue weighted by Crippen LogP contribution is -2.78. The van der Waals surface area contributed by atoms with Crippen molar-refractivity contribution in [1.82, 2.24) is 0 Å². The Bertz CT molecular complexity index is 1440. The molecule has 3 nitrogen and oxygen atoms in total. The molecule has 0 saturated heterocycles. The Kier molecular flexibility index (Phi) is 11.4. The molecule has 0 heterocycles. The molecule has 1 rings (SSSR count). The highest BCUT2D eigenvalue weighted by Gasteiger charge is 2.99. The van der Waals surface area contributed by atoms with Gasteiger partial charge in [-0.15, -0.1) is 0 Å². The zero-order valence-electron chi connectivity index (χ0n) is 24.7. The molecular formula is C24H15F25O3. The summed E-state index contributed by atoms with van der Waals surface area (Å²) in [6.45, 7) is 4.06. The Morgan fingerprint density at radius 2 is 0.692 bits per heavy atom. The summed E-state index contributed by atoms with van der Waals surface area (Å²) in [6.07, 6.45) is -15.5. The molecule has 0 N–H and O–H groups in total. The highest BCUT2D eigenvalue weighted by atomic mass is 19.4. The van der Waals surface area contributed by atoms with E-state index in [1.165, 1.54) is 20.8 Å². The van der Waals surface area contributed by atoms with Gasteiger partial charge in [0.05, 0.1) is 5.41 Å². The third-order valence-electron chi connectivity index (χ3n) is 6.99. The van der Waals surface area contributed by atoms with E-state index in [1.807, 2.05) is 0 Å². The van der Waals surface area contributed by atoms with E-state index in [9.17, 15) is 115 Å². The lowest BCUT2D eigenvalue weighted by Gasteiger charge is -2.45. The molecule has 0 aliphatic rings. The van der Waals surface area contributed by atoms with Gasteiger partial charge in [-0.05, 0) is 44.5 Å². The summed E-state index contributed by atoms with van der Waals surface area (Å²) in [4.78, 5) is 12.0. The van der Waals surface area contributed by atoms with Crippen LogP contribution in [0.5, 0.6) is 11.5 Å². The molecule has 0 aliphatic carbocycles. The van der Waals surface area contributed by atoms with Crippen molar-refractivity contribution in [3.05, 3.63) is 24.3 Å². The molecule has 0 spiro atoms. The molecule has 52 heavy (non-hydrogen) atoms. The second-order valence-electron chi connectivity index (χ2n) is 11.0. The largest absolute Gasteiger partial charge is 0.471 e. The number of alkyl halides is 25. The van der Waals surface area contributed by atoms with Gasteiger partial charge in [-0.2, -0.15) is 110 Å². The summed E-state index contributed by atoms with van der Waals surface area (Å²) in [7, 11) is 0. The third-order valence-corrected chi connectivity index (χ3v) is 6.99. The Labute approximate surface area is 271 Å². The van der Waals surface area contributed by atoms with Gasteiger partial charge in [0.2, 0.25) is 0 Å². The molecule has 0 aliphatic heterocycles. The number of carbonyl (C=O) groups is 1. The molecule has 0 radical (unpaired) electrons. The van der Waals surface area contributed by atoms with Crippen molar-refractivity contribution in [3.63, 3.8) is 0 Å². The normalized spacial score (nSPS) is 15.8.